The van der Waals surface area contributed by atoms with E-state index in [2.05, 4.69) is 15.3 Å². The van der Waals surface area contributed by atoms with E-state index >= 15 is 0 Å². The van der Waals surface area contributed by atoms with Gasteiger partial charge >= 0.3 is 0 Å². The Morgan fingerprint density at radius 2 is 2.24 bits per heavy atom. The molecule has 0 saturated carbocycles. The van der Waals surface area contributed by atoms with E-state index in [1.54, 1.807) is 31.2 Å². The zero-order chi connectivity index (χ0) is 12.3. The summed E-state index contributed by atoms with van der Waals surface area (Å²) in [7, 11) is 0. The second kappa shape index (κ2) is 4.93. The molecule has 0 spiro atoms. The van der Waals surface area contributed by atoms with Crippen molar-refractivity contribution >= 4 is 23.2 Å². The summed E-state index contributed by atoms with van der Waals surface area (Å²) in [6, 6.07) is 6.96. The molecule has 86 valence electrons. The van der Waals surface area contributed by atoms with E-state index in [1.165, 1.54) is 12.5 Å². The number of halogens is 1. The van der Waals surface area contributed by atoms with E-state index < -0.39 is 0 Å². The van der Waals surface area contributed by atoms with Crippen molar-refractivity contribution < 1.29 is 4.79 Å². The molecule has 0 saturated heterocycles. The fourth-order valence-corrected chi connectivity index (χ4v) is 1.57. The predicted octanol–water partition coefficient (Wildman–Crippen LogP) is 2.69. The maximum Gasteiger partial charge on any atom is 0.259 e. The summed E-state index contributed by atoms with van der Waals surface area (Å²) in [5.74, 6) is -0.245. The van der Waals surface area contributed by atoms with E-state index in [0.29, 0.717) is 22.0 Å². The van der Waals surface area contributed by atoms with E-state index in [4.69, 9.17) is 11.6 Å². The topological polar surface area (TPSA) is 54.9 Å². The minimum absolute atomic E-state index is 0.245. The third-order valence-corrected chi connectivity index (χ3v) is 2.47. The number of carbonyl (C=O) groups excluding carboxylic acids is 1. The van der Waals surface area contributed by atoms with Crippen molar-refractivity contribution in [3.8, 4) is 0 Å². The first-order valence-corrected chi connectivity index (χ1v) is 5.38. The van der Waals surface area contributed by atoms with E-state index in [-0.39, 0.29) is 5.91 Å². The van der Waals surface area contributed by atoms with Crippen LogP contribution in [-0.4, -0.2) is 15.9 Å². The minimum atomic E-state index is -0.245. The smallest absolute Gasteiger partial charge is 0.259 e. The Bertz CT molecular complexity index is 557. The molecule has 1 N–H and O–H groups in total. The summed E-state index contributed by atoms with van der Waals surface area (Å²) < 4.78 is 0. The zero-order valence-electron chi connectivity index (χ0n) is 9.14. The van der Waals surface area contributed by atoms with Crippen molar-refractivity contribution in [2.45, 2.75) is 6.92 Å². The largest absolute Gasteiger partial charge is 0.322 e. The molecule has 4 nitrogen and oxygen atoms in total. The number of nitrogens with one attached hydrogen (secondary N) is 1. The van der Waals surface area contributed by atoms with Gasteiger partial charge in [0.1, 0.15) is 6.33 Å². The molecule has 0 radical (unpaired) electrons. The van der Waals surface area contributed by atoms with Crippen LogP contribution in [-0.2, 0) is 0 Å². The van der Waals surface area contributed by atoms with Gasteiger partial charge in [0.2, 0.25) is 0 Å². The van der Waals surface area contributed by atoms with Crippen LogP contribution < -0.4 is 5.32 Å². The number of anilines is 1. The summed E-state index contributed by atoms with van der Waals surface area (Å²) >= 11 is 5.83. The highest BCUT2D eigenvalue weighted by Gasteiger charge is 2.09. The second-order valence-corrected chi connectivity index (χ2v) is 3.92. The van der Waals surface area contributed by atoms with Crippen molar-refractivity contribution in [3.05, 3.63) is 53.1 Å². The molecule has 0 aliphatic rings. The Balaban J connectivity index is 2.20. The van der Waals surface area contributed by atoms with Gasteiger partial charge in [-0.05, 0) is 25.1 Å². The lowest BCUT2D eigenvalue weighted by molar-refractivity contribution is 0.102. The lowest BCUT2D eigenvalue weighted by Crippen LogP contribution is -2.14. The Hall–Kier alpha value is -1.94. The van der Waals surface area contributed by atoms with Crippen LogP contribution >= 0.6 is 11.6 Å². The number of aromatic nitrogens is 2. The quantitative estimate of drug-likeness (QED) is 0.888. The molecule has 1 aromatic heterocycles. The summed E-state index contributed by atoms with van der Waals surface area (Å²) in [6.07, 6.45) is 2.90. The standard InChI is InChI=1S/C12H10ClN3O/c1-8-11(6-14-7-15-8)12(17)16-10-4-2-3-9(13)5-10/h2-7H,1H3,(H,16,17). The molecule has 0 aliphatic carbocycles. The average molecular weight is 248 g/mol. The minimum Gasteiger partial charge on any atom is -0.322 e. The number of nitrogens with zero attached hydrogens (tertiary/aromatic N) is 2. The summed E-state index contributed by atoms with van der Waals surface area (Å²) in [4.78, 5) is 19.7. The van der Waals surface area contributed by atoms with E-state index in [0.717, 1.165) is 0 Å². The van der Waals surface area contributed by atoms with Crippen LogP contribution in [0.4, 0.5) is 5.69 Å². The highest BCUT2D eigenvalue weighted by atomic mass is 35.5. The maximum absolute atomic E-state index is 11.9. The van der Waals surface area contributed by atoms with E-state index in [9.17, 15) is 4.79 Å². The fraction of sp³-hybridized carbons (Fsp3) is 0.0833. The van der Waals surface area contributed by atoms with Gasteiger partial charge in [-0.2, -0.15) is 0 Å². The van der Waals surface area contributed by atoms with Gasteiger partial charge in [-0.3, -0.25) is 4.79 Å². The molecule has 0 fully saturated rings. The number of hydrogen-bond acceptors (Lipinski definition) is 3. The number of amides is 1. The molecule has 2 aromatic rings. The van der Waals surface area contributed by atoms with Crippen LogP contribution in [0.5, 0.6) is 0 Å². The molecular formula is C12H10ClN3O. The Kier molecular flexibility index (Phi) is 3.35. The Labute approximate surface area is 104 Å². The van der Waals surface area contributed by atoms with Crippen LogP contribution in [0.1, 0.15) is 16.1 Å². The molecule has 1 amide bonds. The zero-order valence-corrected chi connectivity index (χ0v) is 9.90. The van der Waals surface area contributed by atoms with Crippen molar-refractivity contribution in [2.75, 3.05) is 5.32 Å². The molecule has 0 unspecified atom stereocenters. The normalized spacial score (nSPS) is 10.0. The van der Waals surface area contributed by atoms with Gasteiger partial charge in [0.15, 0.2) is 0 Å². The Morgan fingerprint density at radius 3 is 2.94 bits per heavy atom. The van der Waals surface area contributed by atoms with Gasteiger partial charge < -0.3 is 5.32 Å². The Morgan fingerprint density at radius 1 is 1.41 bits per heavy atom. The molecule has 0 aliphatic heterocycles. The van der Waals surface area contributed by atoms with Crippen molar-refractivity contribution in [2.24, 2.45) is 0 Å². The van der Waals surface area contributed by atoms with Crippen LogP contribution in [0.15, 0.2) is 36.8 Å². The molecule has 17 heavy (non-hydrogen) atoms. The number of benzene rings is 1. The summed E-state index contributed by atoms with van der Waals surface area (Å²) in [6.45, 7) is 1.76. The van der Waals surface area contributed by atoms with Crippen LogP contribution in [0.25, 0.3) is 0 Å². The number of hydrogen-bond donors (Lipinski definition) is 1. The number of rotatable bonds is 2. The van der Waals surface area contributed by atoms with Gasteiger partial charge in [0, 0.05) is 16.9 Å². The van der Waals surface area contributed by atoms with Gasteiger partial charge in [-0.1, -0.05) is 17.7 Å². The molecule has 0 atom stereocenters. The molecule has 2 rings (SSSR count). The van der Waals surface area contributed by atoms with Crippen LogP contribution in [0.3, 0.4) is 0 Å². The van der Waals surface area contributed by atoms with Crippen molar-refractivity contribution in [1.29, 1.82) is 0 Å². The van der Waals surface area contributed by atoms with Crippen LogP contribution in [0.2, 0.25) is 5.02 Å². The van der Waals surface area contributed by atoms with E-state index in [1.807, 2.05) is 0 Å². The summed E-state index contributed by atoms with van der Waals surface area (Å²) in [5.41, 5.74) is 1.73. The number of aryl methyl sites for hydroxylation is 1. The van der Waals surface area contributed by atoms with Crippen LogP contribution in [0, 0.1) is 6.92 Å². The van der Waals surface area contributed by atoms with Gasteiger partial charge in [0.05, 0.1) is 11.3 Å². The first-order chi connectivity index (χ1) is 8.16. The third kappa shape index (κ3) is 2.79. The molecule has 1 aromatic carbocycles. The highest BCUT2D eigenvalue weighted by Crippen LogP contribution is 2.16. The molecular weight excluding hydrogens is 238 g/mol. The molecule has 0 bridgehead atoms. The van der Waals surface area contributed by atoms with Gasteiger partial charge in [0.25, 0.3) is 5.91 Å². The third-order valence-electron chi connectivity index (χ3n) is 2.24. The molecule has 1 heterocycles. The average Bonchev–Trinajstić information content (AvgIpc) is 2.29. The lowest BCUT2D eigenvalue weighted by Gasteiger charge is -2.06. The molecule has 5 heteroatoms. The van der Waals surface area contributed by atoms with Crippen molar-refractivity contribution in [3.63, 3.8) is 0 Å². The highest BCUT2D eigenvalue weighted by molar-refractivity contribution is 6.30. The van der Waals surface area contributed by atoms with Gasteiger partial charge in [-0.15, -0.1) is 0 Å². The predicted molar refractivity (Wildman–Crippen MR) is 66.2 cm³/mol. The monoisotopic (exact) mass is 247 g/mol. The lowest BCUT2D eigenvalue weighted by atomic mass is 10.2. The van der Waals surface area contributed by atoms with Gasteiger partial charge in [-0.25, -0.2) is 9.97 Å². The maximum atomic E-state index is 11.9. The SMILES string of the molecule is Cc1ncncc1C(=O)Nc1cccc(Cl)c1. The fourth-order valence-electron chi connectivity index (χ4n) is 1.38. The second-order valence-electron chi connectivity index (χ2n) is 3.49. The number of carbonyl (C=O) groups is 1. The first kappa shape index (κ1) is 11.5. The van der Waals surface area contributed by atoms with Crippen molar-refractivity contribution in [1.82, 2.24) is 9.97 Å². The first-order valence-electron chi connectivity index (χ1n) is 5.00. The summed E-state index contributed by atoms with van der Waals surface area (Å²) in [5, 5.41) is 3.31.